The van der Waals surface area contributed by atoms with E-state index in [0.29, 0.717) is 18.0 Å². The predicted molar refractivity (Wildman–Crippen MR) is 97.9 cm³/mol. The van der Waals surface area contributed by atoms with Crippen molar-refractivity contribution in [1.82, 2.24) is 10.3 Å². The van der Waals surface area contributed by atoms with E-state index < -0.39 is 24.0 Å². The van der Waals surface area contributed by atoms with Gasteiger partial charge < -0.3 is 16.0 Å². The molecule has 1 heterocycles. The maximum absolute atomic E-state index is 12.6. The van der Waals surface area contributed by atoms with E-state index in [2.05, 4.69) is 15.3 Å². The van der Waals surface area contributed by atoms with Crippen LogP contribution in [0.1, 0.15) is 24.1 Å². The van der Waals surface area contributed by atoms with Crippen molar-refractivity contribution in [3.63, 3.8) is 0 Å². The molecule has 0 amide bonds. The predicted octanol–water partition coefficient (Wildman–Crippen LogP) is 5.28. The number of hydrogen-bond donors (Lipinski definition) is 3. The Morgan fingerprint density at radius 1 is 1.14 bits per heavy atom. The quantitative estimate of drug-likeness (QED) is 0.271. The molecular weight excluding hydrogens is 406 g/mol. The molecule has 4 N–H and O–H groups in total. The van der Waals surface area contributed by atoms with E-state index in [4.69, 9.17) is 18.0 Å². The van der Waals surface area contributed by atoms with Gasteiger partial charge in [-0.25, -0.2) is 4.99 Å². The van der Waals surface area contributed by atoms with Gasteiger partial charge in [-0.05, 0) is 36.4 Å². The Morgan fingerprint density at radius 3 is 2.18 bits per heavy atom. The van der Waals surface area contributed by atoms with E-state index in [-0.39, 0.29) is 12.1 Å². The second kappa shape index (κ2) is 10.2. The van der Waals surface area contributed by atoms with Crippen LogP contribution >= 0.6 is 12.2 Å². The zero-order valence-corrected chi connectivity index (χ0v) is 15.4. The van der Waals surface area contributed by atoms with Crippen molar-refractivity contribution in [2.75, 3.05) is 6.54 Å². The summed E-state index contributed by atoms with van der Waals surface area (Å²) in [5, 5.41) is 2.19. The summed E-state index contributed by atoms with van der Waals surface area (Å²) in [5.41, 5.74) is 3.86. The molecule has 0 radical (unpaired) electrons. The highest BCUT2D eigenvalue weighted by Gasteiger charge is 2.40. The lowest BCUT2D eigenvalue weighted by Gasteiger charge is -2.21. The number of rotatable bonds is 4. The first-order chi connectivity index (χ1) is 13.0. The second-order valence-electron chi connectivity index (χ2n) is 5.34. The molecule has 4 nitrogen and oxygen atoms in total. The van der Waals surface area contributed by atoms with Gasteiger partial charge in [0.25, 0.3) is 0 Å². The van der Waals surface area contributed by atoms with Crippen LogP contribution in [0.4, 0.5) is 32.2 Å². The molecule has 0 spiro atoms. The molecule has 2 aromatic rings. The SMILES string of the molecule is CCNC(c1ccc(C(F)(F)F)cc1)C(F)(F)F.N/C=N\c1cc(=S)cc[nH]1. The van der Waals surface area contributed by atoms with Gasteiger partial charge in [-0.3, -0.25) is 0 Å². The number of halogens is 6. The minimum absolute atomic E-state index is 0.0607. The molecule has 154 valence electrons. The molecule has 0 fully saturated rings. The van der Waals surface area contributed by atoms with Gasteiger partial charge in [-0.1, -0.05) is 31.3 Å². The number of nitrogens with two attached hydrogens (primary N) is 1. The summed E-state index contributed by atoms with van der Waals surface area (Å²) in [5.74, 6) is 0.676. The van der Waals surface area contributed by atoms with Gasteiger partial charge in [0, 0.05) is 10.7 Å². The zero-order chi connectivity index (χ0) is 21.4. The third kappa shape index (κ3) is 7.69. The van der Waals surface area contributed by atoms with Crippen molar-refractivity contribution in [3.8, 4) is 0 Å². The summed E-state index contributed by atoms with van der Waals surface area (Å²) < 4.78 is 75.5. The Morgan fingerprint density at radius 2 is 1.75 bits per heavy atom. The van der Waals surface area contributed by atoms with Crippen LogP contribution in [0.15, 0.2) is 47.6 Å². The Bertz CT molecular complexity index is 812. The molecule has 0 aliphatic rings. The standard InChI is InChI=1S/C11H11F6N.C6H7N3S/c1-2-18-9(11(15,16)17)7-3-5-8(6-4-7)10(12,13)14;7-4-9-6-3-5(10)1-2-8-6/h3-6,9,18H,2H2,1H3;1-4H,(H3,7,8,9,10). The van der Waals surface area contributed by atoms with Crippen LogP contribution < -0.4 is 11.1 Å². The lowest BCUT2D eigenvalue weighted by Crippen LogP contribution is -2.34. The smallest absolute Gasteiger partial charge is 0.390 e. The molecule has 1 atom stereocenters. The maximum Gasteiger partial charge on any atom is 0.416 e. The minimum atomic E-state index is -4.55. The van der Waals surface area contributed by atoms with Crippen LogP contribution in [0.2, 0.25) is 0 Å². The summed E-state index contributed by atoms with van der Waals surface area (Å²) >= 11 is 4.88. The average molecular weight is 424 g/mol. The first-order valence-electron chi connectivity index (χ1n) is 7.89. The van der Waals surface area contributed by atoms with E-state index in [0.717, 1.165) is 16.6 Å². The molecule has 2 rings (SSSR count). The molecular formula is C17H18F6N4S. The number of benzene rings is 1. The largest absolute Gasteiger partial charge is 0.416 e. The molecule has 1 aromatic heterocycles. The van der Waals surface area contributed by atoms with Crippen molar-refractivity contribution >= 4 is 24.4 Å². The van der Waals surface area contributed by atoms with E-state index in [1.54, 1.807) is 18.3 Å². The number of nitrogens with zero attached hydrogens (tertiary/aromatic N) is 1. The fourth-order valence-corrected chi connectivity index (χ4v) is 2.26. The first-order valence-corrected chi connectivity index (χ1v) is 8.30. The lowest BCUT2D eigenvalue weighted by atomic mass is 10.0. The van der Waals surface area contributed by atoms with Gasteiger partial charge in [0.15, 0.2) is 0 Å². The summed E-state index contributed by atoms with van der Waals surface area (Å²) in [6.45, 7) is 1.55. The van der Waals surface area contributed by atoms with Crippen molar-refractivity contribution in [3.05, 3.63) is 58.2 Å². The van der Waals surface area contributed by atoms with Gasteiger partial charge in [-0.2, -0.15) is 26.3 Å². The highest BCUT2D eigenvalue weighted by molar-refractivity contribution is 7.71. The third-order valence-electron chi connectivity index (χ3n) is 3.28. The summed E-state index contributed by atoms with van der Waals surface area (Å²) in [4.78, 5) is 6.66. The fourth-order valence-electron chi connectivity index (χ4n) is 2.08. The Kier molecular flexibility index (Phi) is 8.64. The summed E-state index contributed by atoms with van der Waals surface area (Å²) in [6, 6.07) is 4.53. The fraction of sp³-hybridized carbons (Fsp3) is 0.294. The van der Waals surface area contributed by atoms with Crippen LogP contribution in [-0.4, -0.2) is 24.0 Å². The number of aromatic amines is 1. The van der Waals surface area contributed by atoms with Gasteiger partial charge >= 0.3 is 12.4 Å². The molecule has 0 bridgehead atoms. The Hall–Kier alpha value is -2.40. The number of H-pyrrole nitrogens is 1. The summed E-state index contributed by atoms with van der Waals surface area (Å²) in [6.07, 6.45) is -6.15. The molecule has 11 heteroatoms. The van der Waals surface area contributed by atoms with E-state index in [9.17, 15) is 26.3 Å². The van der Waals surface area contributed by atoms with Gasteiger partial charge in [0.1, 0.15) is 11.9 Å². The maximum atomic E-state index is 12.6. The second-order valence-corrected chi connectivity index (χ2v) is 5.81. The number of hydrogen-bond acceptors (Lipinski definition) is 3. The van der Waals surface area contributed by atoms with E-state index >= 15 is 0 Å². The number of alkyl halides is 6. The van der Waals surface area contributed by atoms with Crippen molar-refractivity contribution in [2.45, 2.75) is 25.3 Å². The van der Waals surface area contributed by atoms with Crippen LogP contribution in [0, 0.1) is 4.51 Å². The lowest BCUT2D eigenvalue weighted by molar-refractivity contribution is -0.157. The van der Waals surface area contributed by atoms with Crippen LogP contribution in [0.5, 0.6) is 0 Å². The number of nitrogens with one attached hydrogen (secondary N) is 2. The van der Waals surface area contributed by atoms with Crippen molar-refractivity contribution in [1.29, 1.82) is 0 Å². The van der Waals surface area contributed by atoms with Gasteiger partial charge in [-0.15, -0.1) is 0 Å². The Balaban J connectivity index is 0.000000330. The molecule has 0 aliphatic carbocycles. The number of aliphatic imine (C=N–C) groups is 1. The number of pyridine rings is 1. The molecule has 1 unspecified atom stereocenters. The molecule has 0 aliphatic heterocycles. The van der Waals surface area contributed by atoms with E-state index in [1.807, 2.05) is 0 Å². The molecule has 0 saturated heterocycles. The highest BCUT2D eigenvalue weighted by atomic mass is 32.1. The average Bonchev–Trinajstić information content (AvgIpc) is 2.59. The molecule has 28 heavy (non-hydrogen) atoms. The highest BCUT2D eigenvalue weighted by Crippen LogP contribution is 2.35. The van der Waals surface area contributed by atoms with Crippen molar-refractivity contribution in [2.24, 2.45) is 10.7 Å². The normalized spacial score (nSPS) is 13.1. The van der Waals surface area contributed by atoms with Crippen molar-refractivity contribution < 1.29 is 26.3 Å². The third-order valence-corrected chi connectivity index (χ3v) is 3.53. The monoisotopic (exact) mass is 424 g/mol. The Labute approximate surface area is 162 Å². The molecule has 1 aromatic carbocycles. The van der Waals surface area contributed by atoms with Crippen LogP contribution in [0.3, 0.4) is 0 Å². The summed E-state index contributed by atoms with van der Waals surface area (Å²) in [7, 11) is 0. The van der Waals surface area contributed by atoms with Gasteiger partial charge in [0.2, 0.25) is 0 Å². The molecule has 0 saturated carbocycles. The van der Waals surface area contributed by atoms with Gasteiger partial charge in [0.05, 0.1) is 11.9 Å². The first kappa shape index (κ1) is 23.6. The zero-order valence-electron chi connectivity index (χ0n) is 14.6. The van der Waals surface area contributed by atoms with Crippen LogP contribution in [0.25, 0.3) is 0 Å². The number of aromatic nitrogens is 1. The topological polar surface area (TPSA) is 66.2 Å². The van der Waals surface area contributed by atoms with E-state index in [1.165, 1.54) is 13.3 Å². The van der Waals surface area contributed by atoms with Crippen LogP contribution in [-0.2, 0) is 6.18 Å². The minimum Gasteiger partial charge on any atom is -0.390 e.